The Bertz CT molecular complexity index is 205. The normalized spacial score (nSPS) is 15.2. The molecule has 0 aromatic rings. The van der Waals surface area contributed by atoms with Gasteiger partial charge in [0.1, 0.15) is 0 Å². The first-order valence-electron chi connectivity index (χ1n) is 6.03. The highest BCUT2D eigenvalue weighted by Gasteiger charge is 2.19. The average Bonchev–Trinajstić information content (AvgIpc) is 2.21. The van der Waals surface area contributed by atoms with Gasteiger partial charge in [-0.1, -0.05) is 27.7 Å². The Labute approximate surface area is 98.8 Å². The third-order valence-electron chi connectivity index (χ3n) is 2.54. The quantitative estimate of drug-likeness (QED) is 0.605. The summed E-state index contributed by atoms with van der Waals surface area (Å²) < 4.78 is 0. The van der Waals surface area contributed by atoms with E-state index in [2.05, 4.69) is 24.5 Å². The van der Waals surface area contributed by atoms with Crippen LogP contribution in [0, 0.1) is 11.8 Å². The molecule has 0 aromatic heterocycles. The SMILES string of the molecule is CC(C)CNC(=O)C(C)NC(CO)C(C)C. The van der Waals surface area contributed by atoms with E-state index in [1.54, 1.807) is 0 Å². The van der Waals surface area contributed by atoms with Gasteiger partial charge in [-0.3, -0.25) is 4.79 Å². The largest absolute Gasteiger partial charge is 0.395 e. The fraction of sp³-hybridized carbons (Fsp3) is 0.917. The molecule has 0 heterocycles. The number of hydrogen-bond donors (Lipinski definition) is 3. The highest BCUT2D eigenvalue weighted by Crippen LogP contribution is 2.02. The van der Waals surface area contributed by atoms with E-state index in [0.717, 1.165) is 0 Å². The molecule has 0 saturated carbocycles. The summed E-state index contributed by atoms with van der Waals surface area (Å²) in [5.74, 6) is 0.757. The molecule has 0 aliphatic rings. The Hall–Kier alpha value is -0.610. The molecule has 4 heteroatoms. The lowest BCUT2D eigenvalue weighted by molar-refractivity contribution is -0.123. The molecule has 0 aliphatic carbocycles. The van der Waals surface area contributed by atoms with Crippen LogP contribution in [0.25, 0.3) is 0 Å². The van der Waals surface area contributed by atoms with Crippen LogP contribution in [0.5, 0.6) is 0 Å². The van der Waals surface area contributed by atoms with Gasteiger partial charge in [0, 0.05) is 12.6 Å². The Morgan fingerprint density at radius 1 is 1.19 bits per heavy atom. The molecule has 0 aliphatic heterocycles. The summed E-state index contributed by atoms with van der Waals surface area (Å²) in [6.07, 6.45) is 0. The number of aliphatic hydroxyl groups is 1. The van der Waals surface area contributed by atoms with Crippen LogP contribution in [0.4, 0.5) is 0 Å². The van der Waals surface area contributed by atoms with Gasteiger partial charge in [-0.2, -0.15) is 0 Å². The zero-order chi connectivity index (χ0) is 12.7. The number of amides is 1. The van der Waals surface area contributed by atoms with Crippen LogP contribution in [-0.4, -0.2) is 36.2 Å². The fourth-order valence-electron chi connectivity index (χ4n) is 1.31. The Kier molecular flexibility index (Phi) is 7.34. The summed E-state index contributed by atoms with van der Waals surface area (Å²) in [6.45, 7) is 10.7. The van der Waals surface area contributed by atoms with Crippen LogP contribution in [0.15, 0.2) is 0 Å². The lowest BCUT2D eigenvalue weighted by atomic mass is 10.0. The molecule has 3 N–H and O–H groups in total. The van der Waals surface area contributed by atoms with Gasteiger partial charge in [-0.05, 0) is 18.8 Å². The molecule has 0 aromatic carbocycles. The summed E-state index contributed by atoms with van der Waals surface area (Å²) in [7, 11) is 0. The minimum Gasteiger partial charge on any atom is -0.395 e. The van der Waals surface area contributed by atoms with Gasteiger partial charge in [-0.15, -0.1) is 0 Å². The number of rotatable bonds is 7. The molecule has 0 bridgehead atoms. The number of carbonyl (C=O) groups excluding carboxylic acids is 1. The van der Waals surface area contributed by atoms with Crippen molar-refractivity contribution >= 4 is 5.91 Å². The first-order valence-corrected chi connectivity index (χ1v) is 6.03. The van der Waals surface area contributed by atoms with E-state index < -0.39 is 0 Å². The first-order chi connectivity index (χ1) is 7.38. The monoisotopic (exact) mass is 230 g/mol. The smallest absolute Gasteiger partial charge is 0.236 e. The zero-order valence-corrected chi connectivity index (χ0v) is 11.1. The lowest BCUT2D eigenvalue weighted by Gasteiger charge is -2.24. The molecule has 96 valence electrons. The summed E-state index contributed by atoms with van der Waals surface area (Å²) >= 11 is 0. The highest BCUT2D eigenvalue weighted by atomic mass is 16.3. The van der Waals surface area contributed by atoms with Crippen LogP contribution in [0.3, 0.4) is 0 Å². The second kappa shape index (κ2) is 7.63. The van der Waals surface area contributed by atoms with Crippen LogP contribution in [-0.2, 0) is 4.79 Å². The van der Waals surface area contributed by atoms with Crippen molar-refractivity contribution in [3.8, 4) is 0 Å². The molecule has 0 saturated heterocycles. The van der Waals surface area contributed by atoms with Crippen molar-refractivity contribution in [3.05, 3.63) is 0 Å². The topological polar surface area (TPSA) is 61.4 Å². The molecule has 0 radical (unpaired) electrons. The van der Waals surface area contributed by atoms with Crippen molar-refractivity contribution < 1.29 is 9.90 Å². The highest BCUT2D eigenvalue weighted by molar-refractivity contribution is 5.81. The van der Waals surface area contributed by atoms with E-state index in [-0.39, 0.29) is 24.6 Å². The second-order valence-electron chi connectivity index (χ2n) is 5.06. The molecule has 16 heavy (non-hydrogen) atoms. The fourth-order valence-corrected chi connectivity index (χ4v) is 1.31. The maximum absolute atomic E-state index is 11.7. The molecule has 2 atom stereocenters. The Balaban J connectivity index is 4.03. The van der Waals surface area contributed by atoms with E-state index in [1.807, 2.05) is 20.8 Å². The number of nitrogens with one attached hydrogen (secondary N) is 2. The minimum absolute atomic E-state index is 0.00667. The average molecular weight is 230 g/mol. The molecular weight excluding hydrogens is 204 g/mol. The third kappa shape index (κ3) is 6.08. The van der Waals surface area contributed by atoms with Crippen molar-refractivity contribution in [3.63, 3.8) is 0 Å². The van der Waals surface area contributed by atoms with Crippen LogP contribution in [0.2, 0.25) is 0 Å². The predicted octanol–water partition coefficient (Wildman–Crippen LogP) is 0.754. The van der Waals surface area contributed by atoms with Gasteiger partial charge in [0.15, 0.2) is 0 Å². The molecule has 0 fully saturated rings. The molecule has 4 nitrogen and oxygen atoms in total. The lowest BCUT2D eigenvalue weighted by Crippen LogP contribution is -2.50. The van der Waals surface area contributed by atoms with Crippen LogP contribution in [0.1, 0.15) is 34.6 Å². The minimum atomic E-state index is -0.265. The molecular formula is C12H26N2O2. The molecule has 1 amide bonds. The van der Waals surface area contributed by atoms with Crippen LogP contribution < -0.4 is 10.6 Å². The predicted molar refractivity (Wildman–Crippen MR) is 66.2 cm³/mol. The van der Waals surface area contributed by atoms with Crippen LogP contribution >= 0.6 is 0 Å². The molecule has 0 spiro atoms. The van der Waals surface area contributed by atoms with E-state index in [0.29, 0.717) is 18.4 Å². The second-order valence-corrected chi connectivity index (χ2v) is 5.06. The number of hydrogen-bond acceptors (Lipinski definition) is 3. The summed E-state index contributed by atoms with van der Waals surface area (Å²) in [5, 5.41) is 15.1. The van der Waals surface area contributed by atoms with Crippen molar-refractivity contribution in [2.24, 2.45) is 11.8 Å². The van der Waals surface area contributed by atoms with Gasteiger partial charge in [0.2, 0.25) is 5.91 Å². The summed E-state index contributed by atoms with van der Waals surface area (Å²) in [4.78, 5) is 11.7. The number of carbonyl (C=O) groups is 1. The van der Waals surface area contributed by atoms with Gasteiger partial charge in [0.25, 0.3) is 0 Å². The maximum atomic E-state index is 11.7. The van der Waals surface area contributed by atoms with Gasteiger partial charge < -0.3 is 15.7 Å². The maximum Gasteiger partial charge on any atom is 0.236 e. The molecule has 0 rings (SSSR count). The van der Waals surface area contributed by atoms with E-state index in [1.165, 1.54) is 0 Å². The third-order valence-corrected chi connectivity index (χ3v) is 2.54. The van der Waals surface area contributed by atoms with Crippen molar-refractivity contribution in [1.82, 2.24) is 10.6 Å². The van der Waals surface area contributed by atoms with Crippen molar-refractivity contribution in [2.75, 3.05) is 13.2 Å². The summed E-state index contributed by atoms with van der Waals surface area (Å²) in [6, 6.07) is -0.293. The van der Waals surface area contributed by atoms with E-state index in [9.17, 15) is 4.79 Å². The summed E-state index contributed by atoms with van der Waals surface area (Å²) in [5.41, 5.74) is 0. The van der Waals surface area contributed by atoms with E-state index in [4.69, 9.17) is 5.11 Å². The van der Waals surface area contributed by atoms with E-state index >= 15 is 0 Å². The van der Waals surface area contributed by atoms with Gasteiger partial charge >= 0.3 is 0 Å². The van der Waals surface area contributed by atoms with Gasteiger partial charge in [0.05, 0.1) is 12.6 Å². The van der Waals surface area contributed by atoms with Crippen molar-refractivity contribution in [1.29, 1.82) is 0 Å². The number of aliphatic hydroxyl groups excluding tert-OH is 1. The molecule has 2 unspecified atom stereocenters. The Morgan fingerprint density at radius 3 is 2.12 bits per heavy atom. The van der Waals surface area contributed by atoms with Crippen molar-refractivity contribution in [2.45, 2.75) is 46.7 Å². The standard InChI is InChI=1S/C12H26N2O2/c1-8(2)6-13-12(16)10(5)14-11(7-15)9(3)4/h8-11,14-15H,6-7H2,1-5H3,(H,13,16). The Morgan fingerprint density at radius 2 is 1.75 bits per heavy atom. The van der Waals surface area contributed by atoms with Gasteiger partial charge in [-0.25, -0.2) is 0 Å². The zero-order valence-electron chi connectivity index (χ0n) is 11.1. The first kappa shape index (κ1) is 15.4.